The van der Waals surface area contributed by atoms with Crippen LogP contribution in [0.2, 0.25) is 0 Å². The number of carbonyl (C=O) groups is 2. The summed E-state index contributed by atoms with van der Waals surface area (Å²) in [7, 11) is 0. The summed E-state index contributed by atoms with van der Waals surface area (Å²) in [5.74, 6) is -1.23. The molecule has 24 heavy (non-hydrogen) atoms. The van der Waals surface area contributed by atoms with E-state index in [0.29, 0.717) is 18.0 Å². The molecule has 3 rings (SSSR count). The topological polar surface area (TPSA) is 75.6 Å². The molecule has 0 spiro atoms. The number of carbonyl (C=O) groups excluding carboxylic acids is 1. The molecule has 0 saturated carbocycles. The lowest BCUT2D eigenvalue weighted by molar-refractivity contribution is -0.115. The van der Waals surface area contributed by atoms with Gasteiger partial charge in [-0.05, 0) is 25.0 Å². The van der Waals surface area contributed by atoms with Crippen LogP contribution >= 0.6 is 11.3 Å². The monoisotopic (exact) mass is 345 g/mol. The van der Waals surface area contributed by atoms with E-state index >= 15 is 0 Å². The lowest BCUT2D eigenvalue weighted by atomic mass is 9.93. The van der Waals surface area contributed by atoms with Crippen molar-refractivity contribution in [3.8, 4) is 0 Å². The van der Waals surface area contributed by atoms with Gasteiger partial charge in [-0.25, -0.2) is 4.79 Å². The number of nitrogens with one attached hydrogen (secondary N) is 1. The molecule has 5 nitrogen and oxygen atoms in total. The second-order valence-corrected chi connectivity index (χ2v) is 7.55. The van der Waals surface area contributed by atoms with Crippen LogP contribution in [0.1, 0.15) is 40.2 Å². The van der Waals surface area contributed by atoms with E-state index in [1.807, 2.05) is 44.2 Å². The molecule has 6 heteroatoms. The predicted octanol–water partition coefficient (Wildman–Crippen LogP) is 3.48. The van der Waals surface area contributed by atoms with E-state index < -0.39 is 11.6 Å². The second kappa shape index (κ2) is 6.37. The molecule has 1 aliphatic heterocycles. The molecule has 0 saturated heterocycles. The first-order chi connectivity index (χ1) is 11.4. The first kappa shape index (κ1) is 16.7. The number of anilines is 1. The van der Waals surface area contributed by atoms with Crippen molar-refractivity contribution in [1.82, 2.24) is 0 Å². The Balaban J connectivity index is 1.85. The third-order valence-electron chi connectivity index (χ3n) is 3.96. The molecule has 2 heterocycles. The number of benzene rings is 1. The third kappa shape index (κ3) is 3.49. The number of ether oxygens (including phenoxy) is 1. The van der Waals surface area contributed by atoms with Gasteiger partial charge in [0.15, 0.2) is 0 Å². The van der Waals surface area contributed by atoms with E-state index in [9.17, 15) is 14.7 Å². The van der Waals surface area contributed by atoms with Crippen LogP contribution in [0.4, 0.5) is 5.00 Å². The van der Waals surface area contributed by atoms with E-state index in [4.69, 9.17) is 4.74 Å². The quantitative estimate of drug-likeness (QED) is 0.889. The number of fused-ring (bicyclic) bond motifs is 1. The van der Waals surface area contributed by atoms with Gasteiger partial charge in [0.05, 0.1) is 24.2 Å². The summed E-state index contributed by atoms with van der Waals surface area (Å²) in [6.07, 6.45) is 0.736. The standard InChI is InChI=1S/C18H19NO4S/c1-18(2)9-12-13(10-23-18)24-16(15(12)17(21)22)19-14(20)8-11-6-4-3-5-7-11/h3-7H,8-10H2,1-2H3,(H,19,20)(H,21,22). The van der Waals surface area contributed by atoms with Crippen LogP contribution in [0.3, 0.4) is 0 Å². The van der Waals surface area contributed by atoms with Crippen molar-refractivity contribution in [2.45, 2.75) is 38.9 Å². The summed E-state index contributed by atoms with van der Waals surface area (Å²) < 4.78 is 5.75. The number of thiophene rings is 1. The van der Waals surface area contributed by atoms with Crippen LogP contribution in [-0.4, -0.2) is 22.6 Å². The maximum absolute atomic E-state index is 12.3. The number of amides is 1. The fourth-order valence-corrected chi connectivity index (χ4v) is 3.96. The number of aromatic carboxylic acids is 1. The Hall–Kier alpha value is -2.18. The van der Waals surface area contributed by atoms with Crippen molar-refractivity contribution < 1.29 is 19.4 Å². The summed E-state index contributed by atoms with van der Waals surface area (Å²) in [4.78, 5) is 24.9. The normalized spacial score (nSPS) is 15.6. The molecule has 2 N–H and O–H groups in total. The maximum Gasteiger partial charge on any atom is 0.339 e. The highest BCUT2D eigenvalue weighted by Gasteiger charge is 2.33. The molecular weight excluding hydrogens is 326 g/mol. The van der Waals surface area contributed by atoms with Gasteiger partial charge in [-0.3, -0.25) is 4.79 Å². The summed E-state index contributed by atoms with van der Waals surface area (Å²) in [6.45, 7) is 4.25. The summed E-state index contributed by atoms with van der Waals surface area (Å²) in [5.41, 5.74) is 1.47. The molecule has 1 aromatic carbocycles. The number of hydrogen-bond donors (Lipinski definition) is 2. The molecule has 126 valence electrons. The Morgan fingerprint density at radius 1 is 1.29 bits per heavy atom. The molecule has 0 aliphatic carbocycles. The van der Waals surface area contributed by atoms with Gasteiger partial charge in [0, 0.05) is 11.3 Å². The van der Waals surface area contributed by atoms with E-state index in [1.54, 1.807) is 0 Å². The van der Waals surface area contributed by atoms with Crippen molar-refractivity contribution in [1.29, 1.82) is 0 Å². The highest BCUT2D eigenvalue weighted by atomic mass is 32.1. The molecule has 0 atom stereocenters. The van der Waals surface area contributed by atoms with Crippen LogP contribution in [0, 0.1) is 0 Å². The number of hydrogen-bond acceptors (Lipinski definition) is 4. The summed E-state index contributed by atoms with van der Waals surface area (Å²) in [5, 5.41) is 12.8. The van der Waals surface area contributed by atoms with Gasteiger partial charge in [0.25, 0.3) is 0 Å². The minimum absolute atomic E-state index is 0.202. The van der Waals surface area contributed by atoms with Crippen molar-refractivity contribution >= 4 is 28.2 Å². The zero-order valence-electron chi connectivity index (χ0n) is 13.6. The molecule has 1 aliphatic rings. The van der Waals surface area contributed by atoms with Gasteiger partial charge >= 0.3 is 5.97 Å². The Labute approximate surface area is 144 Å². The zero-order valence-corrected chi connectivity index (χ0v) is 14.4. The fourth-order valence-electron chi connectivity index (χ4n) is 2.82. The number of rotatable bonds is 4. The van der Waals surface area contributed by atoms with Crippen LogP contribution in [0.15, 0.2) is 30.3 Å². The van der Waals surface area contributed by atoms with E-state index in [-0.39, 0.29) is 17.9 Å². The molecule has 2 aromatic rings. The minimum atomic E-state index is -1.01. The van der Waals surface area contributed by atoms with E-state index in [0.717, 1.165) is 16.0 Å². The van der Waals surface area contributed by atoms with Gasteiger partial charge in [-0.2, -0.15) is 0 Å². The highest BCUT2D eigenvalue weighted by molar-refractivity contribution is 7.17. The van der Waals surface area contributed by atoms with Crippen LogP contribution in [0.5, 0.6) is 0 Å². The molecular formula is C18H19NO4S. The Morgan fingerprint density at radius 3 is 2.67 bits per heavy atom. The van der Waals surface area contributed by atoms with Gasteiger partial charge in [0.2, 0.25) is 5.91 Å². The van der Waals surface area contributed by atoms with Crippen LogP contribution in [0.25, 0.3) is 0 Å². The van der Waals surface area contributed by atoms with Crippen molar-refractivity contribution in [2.24, 2.45) is 0 Å². The molecule has 1 aromatic heterocycles. The molecule has 0 unspecified atom stereocenters. The van der Waals surface area contributed by atoms with Crippen molar-refractivity contribution in [3.63, 3.8) is 0 Å². The summed E-state index contributed by atoms with van der Waals surface area (Å²) >= 11 is 1.29. The highest BCUT2D eigenvalue weighted by Crippen LogP contribution is 2.40. The Kier molecular flexibility index (Phi) is 4.43. The van der Waals surface area contributed by atoms with E-state index in [1.165, 1.54) is 11.3 Å². The van der Waals surface area contributed by atoms with Gasteiger partial charge in [-0.1, -0.05) is 30.3 Å². The largest absolute Gasteiger partial charge is 0.478 e. The SMILES string of the molecule is CC1(C)Cc2c(sc(NC(=O)Cc3ccccc3)c2C(=O)O)CO1. The summed E-state index contributed by atoms with van der Waals surface area (Å²) in [6, 6.07) is 9.36. The van der Waals surface area contributed by atoms with E-state index in [2.05, 4.69) is 5.32 Å². The number of carboxylic acids is 1. The first-order valence-corrected chi connectivity index (χ1v) is 8.53. The van der Waals surface area contributed by atoms with Gasteiger partial charge in [0.1, 0.15) is 5.00 Å². The molecule has 0 fully saturated rings. The van der Waals surface area contributed by atoms with Gasteiger partial charge < -0.3 is 15.2 Å². The first-order valence-electron chi connectivity index (χ1n) is 7.71. The lowest BCUT2D eigenvalue weighted by Gasteiger charge is -2.30. The average molecular weight is 345 g/mol. The molecule has 0 radical (unpaired) electrons. The minimum Gasteiger partial charge on any atom is -0.478 e. The third-order valence-corrected chi connectivity index (χ3v) is 5.08. The number of carboxylic acid groups (broad SMARTS) is 1. The van der Waals surface area contributed by atoms with Crippen LogP contribution < -0.4 is 5.32 Å². The molecule has 1 amide bonds. The van der Waals surface area contributed by atoms with Crippen molar-refractivity contribution in [2.75, 3.05) is 5.32 Å². The molecule has 0 bridgehead atoms. The van der Waals surface area contributed by atoms with Crippen LogP contribution in [-0.2, 0) is 29.0 Å². The zero-order chi connectivity index (χ0) is 17.3. The Morgan fingerprint density at radius 2 is 2.00 bits per heavy atom. The second-order valence-electron chi connectivity index (χ2n) is 6.45. The smallest absolute Gasteiger partial charge is 0.339 e. The van der Waals surface area contributed by atoms with Gasteiger partial charge in [-0.15, -0.1) is 11.3 Å². The maximum atomic E-state index is 12.3. The Bertz CT molecular complexity index is 780. The lowest BCUT2D eigenvalue weighted by Crippen LogP contribution is -2.31. The average Bonchev–Trinajstić information content (AvgIpc) is 2.83. The fraction of sp³-hybridized carbons (Fsp3) is 0.333. The predicted molar refractivity (Wildman–Crippen MR) is 92.6 cm³/mol. The van der Waals surface area contributed by atoms with Crippen molar-refractivity contribution in [3.05, 3.63) is 51.9 Å².